The van der Waals surface area contributed by atoms with Gasteiger partial charge >= 0.3 is 0 Å². The Morgan fingerprint density at radius 3 is 1.88 bits per heavy atom. The SMILES string of the molecule is CC1(C)c2ccc(-c3nc(-c4cccc5ccccc45)cn3-c3c(-c4ccccc4)cccc3-c3ccccc3)nc2-c2c(O)cccc21. The summed E-state index contributed by atoms with van der Waals surface area (Å²) in [5.41, 5.74) is 11.6. The lowest BCUT2D eigenvalue weighted by molar-refractivity contribution is 0.476. The molecule has 0 spiro atoms. The summed E-state index contributed by atoms with van der Waals surface area (Å²) in [6.07, 6.45) is 2.16. The predicted molar refractivity (Wildman–Crippen MR) is 200 cm³/mol. The van der Waals surface area contributed by atoms with Crippen LogP contribution in [0.15, 0.2) is 158 Å². The van der Waals surface area contributed by atoms with Crippen LogP contribution in [0.1, 0.15) is 25.0 Å². The number of fused-ring (bicyclic) bond motifs is 4. The van der Waals surface area contributed by atoms with Crippen molar-refractivity contribution >= 4 is 10.8 Å². The Morgan fingerprint density at radius 1 is 0.531 bits per heavy atom. The van der Waals surface area contributed by atoms with Gasteiger partial charge in [-0.15, -0.1) is 0 Å². The van der Waals surface area contributed by atoms with Crippen LogP contribution >= 0.6 is 0 Å². The van der Waals surface area contributed by atoms with Gasteiger partial charge in [0.25, 0.3) is 0 Å². The average Bonchev–Trinajstić information content (AvgIpc) is 3.69. The molecule has 0 aliphatic heterocycles. The number of hydrogen-bond donors (Lipinski definition) is 1. The smallest absolute Gasteiger partial charge is 0.163 e. The van der Waals surface area contributed by atoms with E-state index in [9.17, 15) is 5.11 Å². The zero-order chi connectivity index (χ0) is 33.1. The molecule has 0 amide bonds. The lowest BCUT2D eigenvalue weighted by atomic mass is 9.83. The van der Waals surface area contributed by atoms with Crippen molar-refractivity contribution in [2.45, 2.75) is 19.3 Å². The van der Waals surface area contributed by atoms with Crippen LogP contribution in [0.2, 0.25) is 0 Å². The van der Waals surface area contributed by atoms with Gasteiger partial charge in [-0.25, -0.2) is 9.97 Å². The summed E-state index contributed by atoms with van der Waals surface area (Å²) in [6.45, 7) is 4.39. The minimum Gasteiger partial charge on any atom is -0.507 e. The van der Waals surface area contributed by atoms with Crippen molar-refractivity contribution in [3.63, 3.8) is 0 Å². The van der Waals surface area contributed by atoms with E-state index in [-0.39, 0.29) is 11.2 Å². The van der Waals surface area contributed by atoms with E-state index in [1.807, 2.05) is 6.07 Å². The molecule has 2 heterocycles. The van der Waals surface area contributed by atoms with Gasteiger partial charge in [0.05, 0.1) is 17.1 Å². The lowest BCUT2D eigenvalue weighted by Gasteiger charge is -2.21. The van der Waals surface area contributed by atoms with E-state index in [0.717, 1.165) is 83.9 Å². The molecule has 0 atom stereocenters. The zero-order valence-corrected chi connectivity index (χ0v) is 27.3. The molecule has 1 N–H and O–H groups in total. The van der Waals surface area contributed by atoms with Crippen LogP contribution in [0, 0.1) is 0 Å². The van der Waals surface area contributed by atoms with Gasteiger partial charge < -0.3 is 5.11 Å². The second-order valence-corrected chi connectivity index (χ2v) is 13.2. The standard InChI is InChI=1S/C45H33N3O/c1-45(2)36-24-13-25-40(49)41(36)42-37(45)26-27-38(46-42)44-47-39(35-23-11-19-29-18-9-10-20-32(29)35)28-48(44)43-33(30-14-5-3-6-15-30)21-12-22-34(43)31-16-7-4-8-17-31/h3-28,49H,1-2H3. The number of rotatable bonds is 5. The summed E-state index contributed by atoms with van der Waals surface area (Å²) in [7, 11) is 0. The fraction of sp³-hybridized carbons (Fsp3) is 0.0667. The van der Waals surface area contributed by atoms with Gasteiger partial charge in [0.1, 0.15) is 11.4 Å². The summed E-state index contributed by atoms with van der Waals surface area (Å²) in [4.78, 5) is 10.8. The van der Waals surface area contributed by atoms with E-state index in [4.69, 9.17) is 9.97 Å². The van der Waals surface area contributed by atoms with Crippen LogP contribution < -0.4 is 0 Å². The molecule has 8 aromatic rings. The van der Waals surface area contributed by atoms with E-state index < -0.39 is 0 Å². The molecule has 6 aromatic carbocycles. The zero-order valence-electron chi connectivity index (χ0n) is 27.3. The van der Waals surface area contributed by atoms with Crippen molar-refractivity contribution in [2.75, 3.05) is 0 Å². The van der Waals surface area contributed by atoms with Crippen LogP contribution in [0.5, 0.6) is 5.75 Å². The second-order valence-electron chi connectivity index (χ2n) is 13.2. The quantitative estimate of drug-likeness (QED) is 0.206. The highest BCUT2D eigenvalue weighted by molar-refractivity contribution is 5.96. The monoisotopic (exact) mass is 631 g/mol. The number of nitrogens with zero attached hydrogens (tertiary/aromatic N) is 3. The first-order chi connectivity index (χ1) is 24.0. The molecule has 0 fully saturated rings. The van der Waals surface area contributed by atoms with E-state index >= 15 is 0 Å². The first kappa shape index (κ1) is 28.9. The summed E-state index contributed by atoms with van der Waals surface area (Å²) < 4.78 is 2.22. The topological polar surface area (TPSA) is 50.9 Å². The number of phenols is 1. The highest BCUT2D eigenvalue weighted by Gasteiger charge is 2.38. The molecule has 9 rings (SSSR count). The maximum Gasteiger partial charge on any atom is 0.163 e. The number of imidazole rings is 1. The molecule has 1 aliphatic rings. The van der Waals surface area contributed by atoms with Crippen LogP contribution in [0.25, 0.3) is 72.7 Å². The average molecular weight is 632 g/mol. The van der Waals surface area contributed by atoms with Gasteiger partial charge in [-0.05, 0) is 45.2 Å². The third-order valence-corrected chi connectivity index (χ3v) is 9.97. The first-order valence-corrected chi connectivity index (χ1v) is 16.7. The van der Waals surface area contributed by atoms with Gasteiger partial charge in [0.15, 0.2) is 5.82 Å². The van der Waals surface area contributed by atoms with Crippen molar-refractivity contribution in [2.24, 2.45) is 0 Å². The first-order valence-electron chi connectivity index (χ1n) is 16.7. The lowest BCUT2D eigenvalue weighted by Crippen LogP contribution is -2.15. The number of phenolic OH excluding ortho intramolecular Hbond substituents is 1. The van der Waals surface area contributed by atoms with Crippen molar-refractivity contribution in [3.8, 4) is 67.7 Å². The third-order valence-electron chi connectivity index (χ3n) is 9.97. The third kappa shape index (κ3) is 4.60. The molecule has 234 valence electrons. The molecule has 4 nitrogen and oxygen atoms in total. The Balaban J connectivity index is 1.37. The maximum absolute atomic E-state index is 11.1. The number of hydrogen-bond acceptors (Lipinski definition) is 3. The molecule has 49 heavy (non-hydrogen) atoms. The largest absolute Gasteiger partial charge is 0.507 e. The normalized spacial score (nSPS) is 12.9. The van der Waals surface area contributed by atoms with E-state index in [2.05, 4.69) is 164 Å². The van der Waals surface area contributed by atoms with Crippen LogP contribution in [0.3, 0.4) is 0 Å². The number of para-hydroxylation sites is 1. The van der Waals surface area contributed by atoms with Crippen LogP contribution in [-0.2, 0) is 5.41 Å². The Morgan fingerprint density at radius 2 is 1.14 bits per heavy atom. The Kier molecular flexibility index (Phi) is 6.60. The summed E-state index contributed by atoms with van der Waals surface area (Å²) in [5.74, 6) is 0.975. The summed E-state index contributed by atoms with van der Waals surface area (Å²) in [6, 6.07) is 52.4. The van der Waals surface area contributed by atoms with Crippen LogP contribution in [-0.4, -0.2) is 19.6 Å². The van der Waals surface area contributed by atoms with Crippen molar-refractivity contribution in [1.29, 1.82) is 0 Å². The van der Waals surface area contributed by atoms with Gasteiger partial charge in [-0.2, -0.15) is 0 Å². The number of benzene rings is 6. The Hall–Kier alpha value is -6.26. The second kappa shape index (κ2) is 11.2. The van der Waals surface area contributed by atoms with E-state index in [1.54, 1.807) is 6.07 Å². The number of aromatic hydroxyl groups is 1. The van der Waals surface area contributed by atoms with Gasteiger partial charge in [-0.1, -0.05) is 153 Å². The van der Waals surface area contributed by atoms with Crippen molar-refractivity contribution in [1.82, 2.24) is 14.5 Å². The molecule has 0 radical (unpaired) electrons. The fourth-order valence-electron chi connectivity index (χ4n) is 7.55. The Bertz CT molecular complexity index is 2470. The van der Waals surface area contributed by atoms with E-state index in [0.29, 0.717) is 0 Å². The van der Waals surface area contributed by atoms with Gasteiger partial charge in [0, 0.05) is 33.9 Å². The van der Waals surface area contributed by atoms with Gasteiger partial charge in [-0.3, -0.25) is 4.57 Å². The highest BCUT2D eigenvalue weighted by Crippen LogP contribution is 2.51. The molecule has 0 saturated carbocycles. The molecule has 0 saturated heterocycles. The maximum atomic E-state index is 11.1. The Labute approximate surface area is 285 Å². The minimum absolute atomic E-state index is 0.245. The molecule has 2 aromatic heterocycles. The molecule has 1 aliphatic carbocycles. The molecular formula is C45H33N3O. The molecule has 4 heteroatoms. The van der Waals surface area contributed by atoms with Gasteiger partial charge in [0.2, 0.25) is 0 Å². The highest BCUT2D eigenvalue weighted by atomic mass is 16.3. The molecular weight excluding hydrogens is 599 g/mol. The summed E-state index contributed by atoms with van der Waals surface area (Å²) in [5, 5.41) is 13.4. The number of pyridine rings is 1. The minimum atomic E-state index is -0.293. The molecule has 0 bridgehead atoms. The predicted octanol–water partition coefficient (Wildman–Crippen LogP) is 11.1. The van der Waals surface area contributed by atoms with Crippen molar-refractivity contribution in [3.05, 3.63) is 169 Å². The fourth-order valence-corrected chi connectivity index (χ4v) is 7.55. The van der Waals surface area contributed by atoms with Crippen LogP contribution in [0.4, 0.5) is 0 Å². The summed E-state index contributed by atoms with van der Waals surface area (Å²) >= 11 is 0. The van der Waals surface area contributed by atoms with Crippen molar-refractivity contribution < 1.29 is 5.11 Å². The number of aromatic nitrogens is 3. The van der Waals surface area contributed by atoms with E-state index in [1.165, 1.54) is 0 Å². The molecule has 0 unspecified atom stereocenters.